The van der Waals surface area contributed by atoms with Crippen LogP contribution < -0.4 is 5.73 Å². The summed E-state index contributed by atoms with van der Waals surface area (Å²) < 4.78 is 0. The third-order valence-electron chi connectivity index (χ3n) is 3.78. The summed E-state index contributed by atoms with van der Waals surface area (Å²) in [6.45, 7) is 0.502. The predicted molar refractivity (Wildman–Crippen MR) is 84.6 cm³/mol. The van der Waals surface area contributed by atoms with E-state index >= 15 is 0 Å². The van der Waals surface area contributed by atoms with Gasteiger partial charge < -0.3 is 15.7 Å². The molecule has 1 aromatic carbocycles. The molecule has 0 saturated carbocycles. The van der Waals surface area contributed by atoms with Crippen LogP contribution in [0.2, 0.25) is 10.0 Å². The largest absolute Gasteiger partial charge is 0.378 e. The first-order chi connectivity index (χ1) is 10.4. The molecule has 1 aromatic rings. The first kappa shape index (κ1) is 17.1. The lowest BCUT2D eigenvalue weighted by Crippen LogP contribution is -2.47. The van der Waals surface area contributed by atoms with Crippen LogP contribution >= 0.6 is 23.2 Å². The number of amides is 2. The molecule has 3 N–H and O–H groups in total. The molecule has 1 aliphatic rings. The van der Waals surface area contributed by atoms with Crippen molar-refractivity contribution in [3.8, 4) is 0 Å². The van der Waals surface area contributed by atoms with Gasteiger partial charge in [-0.1, -0.05) is 23.2 Å². The smallest absolute Gasteiger partial charge is 0.256 e. The van der Waals surface area contributed by atoms with Crippen molar-refractivity contribution in [3.63, 3.8) is 0 Å². The minimum atomic E-state index is -1.36. The van der Waals surface area contributed by atoms with E-state index in [-0.39, 0.29) is 12.5 Å². The molecule has 22 heavy (non-hydrogen) atoms. The zero-order chi connectivity index (χ0) is 16.3. The molecule has 1 heterocycles. The van der Waals surface area contributed by atoms with Crippen molar-refractivity contribution in [2.75, 3.05) is 6.54 Å². The first-order valence-electron chi connectivity index (χ1n) is 7.11. The fourth-order valence-corrected chi connectivity index (χ4v) is 3.31. The third kappa shape index (κ3) is 4.12. The van der Waals surface area contributed by atoms with Gasteiger partial charge in [-0.25, -0.2) is 0 Å². The Labute approximate surface area is 139 Å². The maximum atomic E-state index is 12.6. The van der Waals surface area contributed by atoms with E-state index in [1.54, 1.807) is 0 Å². The van der Waals surface area contributed by atoms with E-state index in [4.69, 9.17) is 28.9 Å². The summed E-state index contributed by atoms with van der Waals surface area (Å²) in [6.07, 6.45) is 1.22. The number of piperidine rings is 1. The molecule has 0 aromatic heterocycles. The van der Waals surface area contributed by atoms with Crippen LogP contribution in [0.5, 0.6) is 0 Å². The van der Waals surface area contributed by atoms with Gasteiger partial charge in [-0.2, -0.15) is 0 Å². The molecule has 0 aliphatic carbocycles. The van der Waals surface area contributed by atoms with Gasteiger partial charge in [0, 0.05) is 29.1 Å². The minimum absolute atomic E-state index is 0.106. The summed E-state index contributed by atoms with van der Waals surface area (Å²) in [7, 11) is 0. The standard InChI is InChI=1S/C15H18Cl2N2O3/c16-10-5-9(6-11(17)7-10)14(21)15(22)19-4-2-1-3-12(19)8-13(18)20/h5-7,12,14,21H,1-4,8H2,(H2,18,20). The van der Waals surface area contributed by atoms with Crippen molar-refractivity contribution in [3.05, 3.63) is 33.8 Å². The highest BCUT2D eigenvalue weighted by molar-refractivity contribution is 6.34. The molecule has 2 amide bonds. The van der Waals surface area contributed by atoms with Gasteiger partial charge in [0.25, 0.3) is 5.91 Å². The summed E-state index contributed by atoms with van der Waals surface area (Å²) in [4.78, 5) is 25.2. The lowest BCUT2D eigenvalue weighted by atomic mass is 9.97. The summed E-state index contributed by atoms with van der Waals surface area (Å²) in [5, 5.41) is 11.0. The van der Waals surface area contributed by atoms with Gasteiger partial charge in [0.1, 0.15) is 0 Å². The summed E-state index contributed by atoms with van der Waals surface area (Å²) in [5.41, 5.74) is 5.58. The number of nitrogens with two attached hydrogens (primary N) is 1. The predicted octanol–water partition coefficient (Wildman–Crippen LogP) is 2.28. The highest BCUT2D eigenvalue weighted by atomic mass is 35.5. The number of likely N-dealkylation sites (tertiary alicyclic amines) is 1. The highest BCUT2D eigenvalue weighted by Crippen LogP contribution is 2.28. The Morgan fingerprint density at radius 1 is 1.27 bits per heavy atom. The summed E-state index contributed by atoms with van der Waals surface area (Å²) in [6, 6.07) is 4.27. The number of hydrogen-bond donors (Lipinski definition) is 2. The SMILES string of the molecule is NC(=O)CC1CCCCN1C(=O)C(O)c1cc(Cl)cc(Cl)c1. The van der Waals surface area contributed by atoms with Crippen molar-refractivity contribution in [1.29, 1.82) is 0 Å². The van der Waals surface area contributed by atoms with Crippen LogP contribution in [0, 0.1) is 0 Å². The van der Waals surface area contributed by atoms with Gasteiger partial charge in [0.2, 0.25) is 5.91 Å². The van der Waals surface area contributed by atoms with Crippen LogP contribution in [0.1, 0.15) is 37.4 Å². The zero-order valence-corrected chi connectivity index (χ0v) is 13.5. The molecule has 2 atom stereocenters. The molecule has 1 aliphatic heterocycles. The van der Waals surface area contributed by atoms with E-state index in [1.807, 2.05) is 0 Å². The van der Waals surface area contributed by atoms with Crippen molar-refractivity contribution in [2.24, 2.45) is 5.73 Å². The molecule has 0 radical (unpaired) electrons. The zero-order valence-electron chi connectivity index (χ0n) is 12.0. The summed E-state index contributed by atoms with van der Waals surface area (Å²) in [5.74, 6) is -0.908. The van der Waals surface area contributed by atoms with E-state index in [2.05, 4.69) is 0 Å². The maximum absolute atomic E-state index is 12.6. The average Bonchev–Trinajstić information content (AvgIpc) is 2.44. The molecule has 0 spiro atoms. The van der Waals surface area contributed by atoms with Crippen molar-refractivity contribution in [1.82, 2.24) is 4.90 Å². The van der Waals surface area contributed by atoms with Crippen LogP contribution in [0.15, 0.2) is 18.2 Å². The van der Waals surface area contributed by atoms with E-state index in [0.717, 1.165) is 12.8 Å². The molecule has 2 rings (SSSR count). The number of nitrogens with zero attached hydrogens (tertiary/aromatic N) is 1. The monoisotopic (exact) mass is 344 g/mol. The number of hydrogen-bond acceptors (Lipinski definition) is 3. The number of aliphatic hydroxyl groups is 1. The van der Waals surface area contributed by atoms with Crippen LogP contribution in [-0.4, -0.2) is 34.4 Å². The second kappa shape index (κ2) is 7.31. The summed E-state index contributed by atoms with van der Waals surface area (Å²) >= 11 is 11.8. The van der Waals surface area contributed by atoms with Crippen molar-refractivity contribution >= 4 is 35.0 Å². The molecule has 2 unspecified atom stereocenters. The highest BCUT2D eigenvalue weighted by Gasteiger charge is 2.32. The van der Waals surface area contributed by atoms with Crippen molar-refractivity contribution < 1.29 is 14.7 Å². The quantitative estimate of drug-likeness (QED) is 0.878. The van der Waals surface area contributed by atoms with E-state index in [0.29, 0.717) is 28.6 Å². The Kier molecular flexibility index (Phi) is 5.67. The van der Waals surface area contributed by atoms with Crippen LogP contribution in [-0.2, 0) is 9.59 Å². The van der Waals surface area contributed by atoms with Gasteiger partial charge in [-0.3, -0.25) is 9.59 Å². The van der Waals surface area contributed by atoms with Crippen LogP contribution in [0.4, 0.5) is 0 Å². The van der Waals surface area contributed by atoms with Crippen molar-refractivity contribution in [2.45, 2.75) is 37.8 Å². The molecule has 0 bridgehead atoms. The van der Waals surface area contributed by atoms with E-state index in [1.165, 1.54) is 23.1 Å². The Bertz CT molecular complexity index is 560. The van der Waals surface area contributed by atoms with Crippen LogP contribution in [0.25, 0.3) is 0 Å². The third-order valence-corrected chi connectivity index (χ3v) is 4.22. The average molecular weight is 345 g/mol. The molecule has 7 heteroatoms. The Balaban J connectivity index is 2.18. The topological polar surface area (TPSA) is 83.6 Å². The number of rotatable bonds is 4. The fraction of sp³-hybridized carbons (Fsp3) is 0.467. The molecular weight excluding hydrogens is 327 g/mol. The second-order valence-corrected chi connectivity index (χ2v) is 6.33. The van der Waals surface area contributed by atoms with Gasteiger partial charge in [0.05, 0.1) is 0 Å². The molecule has 120 valence electrons. The number of carbonyl (C=O) groups excluding carboxylic acids is 2. The number of halogens is 2. The Morgan fingerprint density at radius 3 is 2.50 bits per heavy atom. The van der Waals surface area contributed by atoms with Gasteiger partial charge in [-0.05, 0) is 43.0 Å². The molecular formula is C15H18Cl2N2O3. The van der Waals surface area contributed by atoms with Gasteiger partial charge in [-0.15, -0.1) is 0 Å². The van der Waals surface area contributed by atoms with Gasteiger partial charge >= 0.3 is 0 Å². The number of carbonyl (C=O) groups is 2. The Morgan fingerprint density at radius 2 is 1.91 bits per heavy atom. The fourth-order valence-electron chi connectivity index (χ4n) is 2.77. The van der Waals surface area contributed by atoms with E-state index < -0.39 is 17.9 Å². The number of primary amides is 1. The molecule has 1 saturated heterocycles. The van der Waals surface area contributed by atoms with Gasteiger partial charge in [0.15, 0.2) is 6.10 Å². The second-order valence-electron chi connectivity index (χ2n) is 5.46. The number of aliphatic hydroxyl groups excluding tert-OH is 1. The van der Waals surface area contributed by atoms with E-state index in [9.17, 15) is 14.7 Å². The Hall–Kier alpha value is -1.30. The lowest BCUT2D eigenvalue weighted by Gasteiger charge is -2.36. The maximum Gasteiger partial charge on any atom is 0.256 e. The molecule has 5 nitrogen and oxygen atoms in total. The lowest BCUT2D eigenvalue weighted by molar-refractivity contribution is -0.145. The molecule has 1 fully saturated rings. The normalized spacial score (nSPS) is 19.8. The minimum Gasteiger partial charge on any atom is -0.378 e. The van der Waals surface area contributed by atoms with Crippen LogP contribution in [0.3, 0.4) is 0 Å². The first-order valence-corrected chi connectivity index (χ1v) is 7.87. The number of benzene rings is 1.